The number of carbonyl (C=O) groups is 1. The molecule has 1 fully saturated rings. The minimum Gasteiger partial charge on any atom is -0.357 e. The van der Waals surface area contributed by atoms with Gasteiger partial charge in [-0.25, -0.2) is 0 Å². The molecule has 26 heavy (non-hydrogen) atoms. The molecule has 1 amide bonds. The highest BCUT2D eigenvalue weighted by Gasteiger charge is 2.53. The molecule has 0 aromatic heterocycles. The second-order valence-corrected chi connectivity index (χ2v) is 7.36. The maximum absolute atomic E-state index is 12.9. The van der Waals surface area contributed by atoms with Gasteiger partial charge in [-0.2, -0.15) is 0 Å². The molecule has 0 radical (unpaired) electrons. The predicted octanol–water partition coefficient (Wildman–Crippen LogP) is 3.97. The number of anilines is 1. The van der Waals surface area contributed by atoms with E-state index in [0.29, 0.717) is 6.42 Å². The summed E-state index contributed by atoms with van der Waals surface area (Å²) in [4.78, 5) is 12.9. The molecule has 4 nitrogen and oxygen atoms in total. The molecular formula is C22H26N2O2. The van der Waals surface area contributed by atoms with Crippen LogP contribution in [0.2, 0.25) is 0 Å². The van der Waals surface area contributed by atoms with Crippen molar-refractivity contribution >= 4 is 11.6 Å². The molecule has 2 heterocycles. The highest BCUT2D eigenvalue weighted by molar-refractivity contribution is 6.05. The first-order valence-electron chi connectivity index (χ1n) is 9.57. The lowest BCUT2D eigenvalue weighted by Gasteiger charge is -2.41. The summed E-state index contributed by atoms with van der Waals surface area (Å²) in [6, 6.07) is 18.6. The van der Waals surface area contributed by atoms with Crippen molar-refractivity contribution in [2.24, 2.45) is 0 Å². The Bertz CT molecular complexity index is 777. The zero-order chi connectivity index (χ0) is 18.0. The standard InChI is InChI=1S/C22H26N2O2/c1-2-8-18-13-17(23-15-16-9-4-3-5-10-16)14-22(26-18)19-11-6-7-12-20(19)24-21(22)25/h3-7,9-12,17-18,23H,2,8,13-15H2,1H3,(H,24,25). The third kappa shape index (κ3) is 3.15. The minimum atomic E-state index is -0.858. The maximum atomic E-state index is 12.9. The first kappa shape index (κ1) is 17.3. The van der Waals surface area contributed by atoms with Crippen LogP contribution in [0.1, 0.15) is 43.7 Å². The maximum Gasteiger partial charge on any atom is 0.261 e. The molecule has 0 aliphatic carbocycles. The molecule has 2 aliphatic rings. The summed E-state index contributed by atoms with van der Waals surface area (Å²) in [5.41, 5.74) is 2.27. The molecule has 4 heteroatoms. The first-order chi connectivity index (χ1) is 12.7. The fourth-order valence-corrected chi connectivity index (χ4v) is 4.25. The van der Waals surface area contributed by atoms with E-state index in [4.69, 9.17) is 4.74 Å². The number of para-hydroxylation sites is 1. The van der Waals surface area contributed by atoms with Gasteiger partial charge in [0.2, 0.25) is 0 Å². The van der Waals surface area contributed by atoms with Crippen molar-refractivity contribution in [1.82, 2.24) is 5.32 Å². The van der Waals surface area contributed by atoms with E-state index >= 15 is 0 Å². The van der Waals surface area contributed by atoms with Gasteiger partial charge in [0.25, 0.3) is 5.91 Å². The SMILES string of the molecule is CCCC1CC(NCc2ccccc2)CC2(O1)C(=O)Nc1ccccc12. The van der Waals surface area contributed by atoms with Crippen LogP contribution in [-0.4, -0.2) is 18.1 Å². The molecular weight excluding hydrogens is 324 g/mol. The summed E-state index contributed by atoms with van der Waals surface area (Å²) in [5, 5.41) is 6.69. The Kier molecular flexibility index (Phi) is 4.79. The Morgan fingerprint density at radius 3 is 2.73 bits per heavy atom. The zero-order valence-corrected chi connectivity index (χ0v) is 15.2. The molecule has 0 saturated carbocycles. The van der Waals surface area contributed by atoms with Gasteiger partial charge in [0.15, 0.2) is 5.60 Å². The van der Waals surface area contributed by atoms with Crippen LogP contribution in [0.3, 0.4) is 0 Å². The number of benzene rings is 2. The minimum absolute atomic E-state index is 0.0222. The summed E-state index contributed by atoms with van der Waals surface area (Å²) in [6.45, 7) is 2.98. The van der Waals surface area contributed by atoms with Crippen LogP contribution in [0.5, 0.6) is 0 Å². The van der Waals surface area contributed by atoms with Crippen LogP contribution in [0.15, 0.2) is 54.6 Å². The Hall–Kier alpha value is -2.17. The number of hydrogen-bond acceptors (Lipinski definition) is 3. The van der Waals surface area contributed by atoms with Gasteiger partial charge in [-0.1, -0.05) is 61.9 Å². The number of fused-ring (bicyclic) bond motifs is 2. The van der Waals surface area contributed by atoms with Crippen molar-refractivity contribution in [3.8, 4) is 0 Å². The van der Waals surface area contributed by atoms with Crippen LogP contribution in [-0.2, 0) is 21.7 Å². The van der Waals surface area contributed by atoms with Gasteiger partial charge in [0.05, 0.1) is 6.10 Å². The van der Waals surface area contributed by atoms with E-state index in [-0.39, 0.29) is 18.1 Å². The van der Waals surface area contributed by atoms with Crippen molar-refractivity contribution < 1.29 is 9.53 Å². The third-order valence-corrected chi connectivity index (χ3v) is 5.47. The Morgan fingerprint density at radius 2 is 1.92 bits per heavy atom. The summed E-state index contributed by atoms with van der Waals surface area (Å²) in [6.07, 6.45) is 3.73. The summed E-state index contributed by atoms with van der Waals surface area (Å²) < 4.78 is 6.44. The average molecular weight is 350 g/mol. The monoisotopic (exact) mass is 350 g/mol. The average Bonchev–Trinajstić information content (AvgIpc) is 2.92. The molecule has 3 unspecified atom stereocenters. The lowest BCUT2D eigenvalue weighted by atomic mass is 9.82. The normalized spacial score (nSPS) is 27.3. The molecule has 1 spiro atoms. The van der Waals surface area contributed by atoms with Gasteiger partial charge in [-0.05, 0) is 24.5 Å². The van der Waals surface area contributed by atoms with Crippen molar-refractivity contribution in [3.05, 3.63) is 65.7 Å². The van der Waals surface area contributed by atoms with Crippen LogP contribution in [0.4, 0.5) is 5.69 Å². The number of amides is 1. The van der Waals surface area contributed by atoms with Gasteiger partial charge in [0.1, 0.15) is 0 Å². The van der Waals surface area contributed by atoms with E-state index in [1.807, 2.05) is 30.3 Å². The highest BCUT2D eigenvalue weighted by Crippen LogP contribution is 2.46. The Morgan fingerprint density at radius 1 is 1.15 bits per heavy atom. The fraction of sp³-hybridized carbons (Fsp3) is 0.409. The number of nitrogens with one attached hydrogen (secondary N) is 2. The molecule has 1 saturated heterocycles. The van der Waals surface area contributed by atoms with Crippen LogP contribution < -0.4 is 10.6 Å². The lowest BCUT2D eigenvalue weighted by Crippen LogP contribution is -2.52. The van der Waals surface area contributed by atoms with E-state index in [1.165, 1.54) is 5.56 Å². The molecule has 4 rings (SSSR count). The van der Waals surface area contributed by atoms with E-state index in [1.54, 1.807) is 0 Å². The van der Waals surface area contributed by atoms with E-state index < -0.39 is 5.60 Å². The first-order valence-corrected chi connectivity index (χ1v) is 9.57. The van der Waals surface area contributed by atoms with E-state index in [9.17, 15) is 4.79 Å². The number of rotatable bonds is 5. The number of ether oxygens (including phenoxy) is 1. The number of carbonyl (C=O) groups excluding carboxylic acids is 1. The molecule has 2 aromatic carbocycles. The topological polar surface area (TPSA) is 50.4 Å². The quantitative estimate of drug-likeness (QED) is 0.858. The van der Waals surface area contributed by atoms with Gasteiger partial charge in [-0.3, -0.25) is 4.79 Å². The Labute approximate surface area is 155 Å². The molecule has 3 atom stereocenters. The van der Waals surface area contributed by atoms with Crippen molar-refractivity contribution in [2.45, 2.75) is 56.9 Å². The lowest BCUT2D eigenvalue weighted by molar-refractivity contribution is -0.167. The van der Waals surface area contributed by atoms with Crippen LogP contribution in [0.25, 0.3) is 0 Å². The van der Waals surface area contributed by atoms with Gasteiger partial charge in [0, 0.05) is 30.3 Å². The van der Waals surface area contributed by atoms with Gasteiger partial charge in [-0.15, -0.1) is 0 Å². The largest absolute Gasteiger partial charge is 0.357 e. The molecule has 2 N–H and O–H groups in total. The van der Waals surface area contributed by atoms with Crippen molar-refractivity contribution in [3.63, 3.8) is 0 Å². The van der Waals surface area contributed by atoms with Crippen LogP contribution >= 0.6 is 0 Å². The van der Waals surface area contributed by atoms with Crippen molar-refractivity contribution in [1.29, 1.82) is 0 Å². The van der Waals surface area contributed by atoms with E-state index in [0.717, 1.165) is 37.1 Å². The van der Waals surface area contributed by atoms with Gasteiger partial charge < -0.3 is 15.4 Å². The highest BCUT2D eigenvalue weighted by atomic mass is 16.5. The predicted molar refractivity (Wildman–Crippen MR) is 103 cm³/mol. The Balaban J connectivity index is 1.58. The van der Waals surface area contributed by atoms with Crippen molar-refractivity contribution in [2.75, 3.05) is 5.32 Å². The summed E-state index contributed by atoms with van der Waals surface area (Å²) >= 11 is 0. The second kappa shape index (κ2) is 7.22. The molecule has 2 aliphatic heterocycles. The fourth-order valence-electron chi connectivity index (χ4n) is 4.25. The number of hydrogen-bond donors (Lipinski definition) is 2. The van der Waals surface area contributed by atoms with E-state index in [2.05, 4.69) is 41.8 Å². The second-order valence-electron chi connectivity index (χ2n) is 7.36. The zero-order valence-electron chi connectivity index (χ0n) is 15.2. The van der Waals surface area contributed by atoms with Gasteiger partial charge >= 0.3 is 0 Å². The third-order valence-electron chi connectivity index (χ3n) is 5.47. The molecule has 2 aromatic rings. The smallest absolute Gasteiger partial charge is 0.261 e. The summed E-state index contributed by atoms with van der Waals surface area (Å²) in [5.74, 6) is -0.0222. The molecule has 136 valence electrons. The summed E-state index contributed by atoms with van der Waals surface area (Å²) in [7, 11) is 0. The molecule has 0 bridgehead atoms. The van der Waals surface area contributed by atoms with Crippen LogP contribution in [0, 0.1) is 0 Å².